The minimum Gasteiger partial charge on any atom is -0.497 e. The molecule has 0 saturated carbocycles. The van der Waals surface area contributed by atoms with E-state index in [0.717, 1.165) is 9.87 Å². The summed E-state index contributed by atoms with van der Waals surface area (Å²) in [6, 6.07) is 18.5. The van der Waals surface area contributed by atoms with Crippen molar-refractivity contribution in [3.8, 4) is 5.75 Å². The lowest BCUT2D eigenvalue weighted by Gasteiger charge is -2.33. The van der Waals surface area contributed by atoms with E-state index < -0.39 is 28.5 Å². The van der Waals surface area contributed by atoms with E-state index in [2.05, 4.69) is 5.32 Å². The van der Waals surface area contributed by atoms with Crippen LogP contribution in [0.25, 0.3) is 0 Å². The molecule has 0 radical (unpaired) electrons. The lowest BCUT2D eigenvalue weighted by Crippen LogP contribution is -2.52. The van der Waals surface area contributed by atoms with E-state index in [1.807, 2.05) is 20.8 Å². The summed E-state index contributed by atoms with van der Waals surface area (Å²) in [5.74, 6) is -0.00976. The van der Waals surface area contributed by atoms with Crippen LogP contribution in [-0.4, -0.2) is 51.4 Å². The Morgan fingerprint density at radius 3 is 2.17 bits per heavy atom. The second-order valence-electron chi connectivity index (χ2n) is 9.86. The highest BCUT2D eigenvalue weighted by molar-refractivity contribution is 7.92. The molecule has 1 N–H and O–H groups in total. The molecule has 41 heavy (non-hydrogen) atoms. The molecular formula is C30H35Cl2N3O5S. The van der Waals surface area contributed by atoms with Crippen LogP contribution in [0.15, 0.2) is 77.7 Å². The van der Waals surface area contributed by atoms with Gasteiger partial charge in [0.2, 0.25) is 11.8 Å². The summed E-state index contributed by atoms with van der Waals surface area (Å²) in [5, 5.41) is 3.29. The van der Waals surface area contributed by atoms with Gasteiger partial charge in [0.15, 0.2) is 0 Å². The number of carbonyl (C=O) groups is 2. The highest BCUT2D eigenvalue weighted by Gasteiger charge is 2.33. The average molecular weight is 621 g/mol. The monoisotopic (exact) mass is 619 g/mol. The second-order valence-corrected chi connectivity index (χ2v) is 12.5. The van der Waals surface area contributed by atoms with Crippen LogP contribution in [0.2, 0.25) is 10.0 Å². The number of anilines is 1. The fourth-order valence-electron chi connectivity index (χ4n) is 4.16. The molecule has 0 saturated heterocycles. The Hall–Kier alpha value is -3.27. The van der Waals surface area contributed by atoms with E-state index in [1.54, 1.807) is 49.6 Å². The number of methoxy groups -OCH3 is 1. The van der Waals surface area contributed by atoms with Gasteiger partial charge in [-0.05, 0) is 60.4 Å². The number of ether oxygens (including phenoxy) is 1. The lowest BCUT2D eigenvalue weighted by atomic mass is 10.1. The Morgan fingerprint density at radius 1 is 0.951 bits per heavy atom. The second kappa shape index (κ2) is 14.6. The maximum Gasteiger partial charge on any atom is 0.264 e. The molecule has 0 spiro atoms. The Kier molecular flexibility index (Phi) is 11.5. The summed E-state index contributed by atoms with van der Waals surface area (Å²) in [6.07, 6.45) is 0.323. The number of nitrogens with one attached hydrogen (secondary N) is 1. The number of nitrogens with zero attached hydrogens (tertiary/aromatic N) is 2. The van der Waals surface area contributed by atoms with E-state index in [9.17, 15) is 18.0 Å². The zero-order chi connectivity index (χ0) is 30.2. The van der Waals surface area contributed by atoms with Crippen LogP contribution >= 0.6 is 23.2 Å². The third kappa shape index (κ3) is 8.38. The van der Waals surface area contributed by atoms with Gasteiger partial charge < -0.3 is 15.0 Å². The molecule has 11 heteroatoms. The van der Waals surface area contributed by atoms with Crippen molar-refractivity contribution in [1.29, 1.82) is 0 Å². The first kappa shape index (κ1) is 32.2. The van der Waals surface area contributed by atoms with Crippen LogP contribution in [0.3, 0.4) is 0 Å². The summed E-state index contributed by atoms with van der Waals surface area (Å²) < 4.78 is 33.9. The third-order valence-electron chi connectivity index (χ3n) is 6.38. The van der Waals surface area contributed by atoms with Gasteiger partial charge in [-0.2, -0.15) is 0 Å². The molecular weight excluding hydrogens is 585 g/mol. The Morgan fingerprint density at radius 2 is 1.61 bits per heavy atom. The van der Waals surface area contributed by atoms with Crippen LogP contribution in [0.5, 0.6) is 5.75 Å². The molecule has 0 aliphatic rings. The van der Waals surface area contributed by atoms with Crippen molar-refractivity contribution >= 4 is 50.7 Å². The molecule has 0 heterocycles. The van der Waals surface area contributed by atoms with Crippen molar-refractivity contribution < 1.29 is 22.7 Å². The SMILES string of the molecule is CC[C@@H](C(=O)NCC(C)C)N(Cc1ccc(OC)cc1)C(=O)CN(c1ccc(Cl)c(Cl)c1)S(=O)(=O)c1ccccc1. The highest BCUT2D eigenvalue weighted by atomic mass is 35.5. The van der Waals surface area contributed by atoms with Gasteiger partial charge in [-0.25, -0.2) is 8.42 Å². The molecule has 1 atom stereocenters. The number of benzene rings is 3. The van der Waals surface area contributed by atoms with Gasteiger partial charge in [0.1, 0.15) is 18.3 Å². The summed E-state index contributed by atoms with van der Waals surface area (Å²) in [7, 11) is -2.64. The number of rotatable bonds is 13. The topological polar surface area (TPSA) is 96.0 Å². The van der Waals surface area contributed by atoms with Gasteiger partial charge in [0.25, 0.3) is 10.0 Å². The molecule has 0 fully saturated rings. The number of hydrogen-bond donors (Lipinski definition) is 1. The third-order valence-corrected chi connectivity index (χ3v) is 8.91. The first-order chi connectivity index (χ1) is 19.5. The number of hydrogen-bond acceptors (Lipinski definition) is 5. The number of amides is 2. The van der Waals surface area contributed by atoms with Crippen LogP contribution in [0, 0.1) is 5.92 Å². The predicted octanol–water partition coefficient (Wildman–Crippen LogP) is 5.78. The van der Waals surface area contributed by atoms with Crippen molar-refractivity contribution in [3.63, 3.8) is 0 Å². The summed E-state index contributed by atoms with van der Waals surface area (Å²) >= 11 is 12.4. The molecule has 8 nitrogen and oxygen atoms in total. The lowest BCUT2D eigenvalue weighted by molar-refractivity contribution is -0.140. The normalized spacial score (nSPS) is 12.1. The molecule has 0 unspecified atom stereocenters. The molecule has 220 valence electrons. The largest absolute Gasteiger partial charge is 0.497 e. The van der Waals surface area contributed by atoms with Crippen molar-refractivity contribution in [2.75, 3.05) is 24.5 Å². The number of halogens is 2. The predicted molar refractivity (Wildman–Crippen MR) is 163 cm³/mol. The molecule has 0 bridgehead atoms. The van der Waals surface area contributed by atoms with E-state index in [-0.39, 0.29) is 39.0 Å². The molecule has 0 aliphatic heterocycles. The maximum absolute atomic E-state index is 14.1. The van der Waals surface area contributed by atoms with Gasteiger partial charge in [0.05, 0.1) is 27.7 Å². The standard InChI is InChI=1S/C30H35Cl2N3O5S/c1-5-28(30(37)33-18-21(2)3)34(19-22-11-14-24(40-4)15-12-22)29(36)20-35(23-13-16-26(31)27(32)17-23)41(38,39)25-9-7-6-8-10-25/h6-17,21,28H,5,18-20H2,1-4H3,(H,33,37)/t28-/m0/s1. The van der Waals surface area contributed by atoms with Gasteiger partial charge in [-0.15, -0.1) is 0 Å². The van der Waals surface area contributed by atoms with E-state index in [0.29, 0.717) is 18.7 Å². The molecule has 3 aromatic rings. The van der Waals surface area contributed by atoms with Crippen LogP contribution < -0.4 is 14.4 Å². The summed E-state index contributed by atoms with van der Waals surface area (Å²) in [4.78, 5) is 28.8. The van der Waals surface area contributed by atoms with Crippen LogP contribution in [0.4, 0.5) is 5.69 Å². The Bertz CT molecular complexity index is 1430. The molecule has 0 aliphatic carbocycles. The maximum atomic E-state index is 14.1. The van der Waals surface area contributed by atoms with E-state index in [1.165, 1.54) is 35.2 Å². The van der Waals surface area contributed by atoms with Crippen molar-refractivity contribution in [1.82, 2.24) is 10.2 Å². The fraction of sp³-hybridized carbons (Fsp3) is 0.333. The Labute approximate surface area is 252 Å². The molecule has 3 rings (SSSR count). The number of carbonyl (C=O) groups excluding carboxylic acids is 2. The number of sulfonamides is 1. The minimum atomic E-state index is -4.20. The summed E-state index contributed by atoms with van der Waals surface area (Å²) in [5.41, 5.74) is 0.916. The first-order valence-electron chi connectivity index (χ1n) is 13.2. The Balaban J connectivity index is 2.05. The van der Waals surface area contributed by atoms with E-state index >= 15 is 0 Å². The van der Waals surface area contributed by atoms with Crippen LogP contribution in [-0.2, 0) is 26.2 Å². The fourth-order valence-corrected chi connectivity index (χ4v) is 5.88. The smallest absolute Gasteiger partial charge is 0.264 e. The highest BCUT2D eigenvalue weighted by Crippen LogP contribution is 2.31. The molecule has 3 aromatic carbocycles. The minimum absolute atomic E-state index is 0.00212. The van der Waals surface area contributed by atoms with E-state index in [4.69, 9.17) is 27.9 Å². The van der Waals surface area contributed by atoms with Gasteiger partial charge in [0, 0.05) is 13.1 Å². The van der Waals surface area contributed by atoms with Crippen molar-refractivity contribution in [3.05, 3.63) is 88.4 Å². The van der Waals surface area contributed by atoms with Gasteiger partial charge >= 0.3 is 0 Å². The van der Waals surface area contributed by atoms with Crippen LogP contribution in [0.1, 0.15) is 32.8 Å². The molecule has 0 aromatic heterocycles. The van der Waals surface area contributed by atoms with Crippen molar-refractivity contribution in [2.45, 2.75) is 44.7 Å². The summed E-state index contributed by atoms with van der Waals surface area (Å²) in [6.45, 7) is 5.72. The van der Waals surface area contributed by atoms with Gasteiger partial charge in [-0.3, -0.25) is 13.9 Å². The quantitative estimate of drug-likeness (QED) is 0.262. The van der Waals surface area contributed by atoms with Crippen molar-refractivity contribution in [2.24, 2.45) is 5.92 Å². The molecule has 2 amide bonds. The average Bonchev–Trinajstić information content (AvgIpc) is 2.96. The zero-order valence-electron chi connectivity index (χ0n) is 23.5. The first-order valence-corrected chi connectivity index (χ1v) is 15.4. The van der Waals surface area contributed by atoms with Gasteiger partial charge in [-0.1, -0.05) is 74.3 Å². The zero-order valence-corrected chi connectivity index (χ0v) is 25.8.